The average Bonchev–Trinajstić information content (AvgIpc) is 3.46. The first kappa shape index (κ1) is 33.0. The molecule has 0 atom stereocenters. The van der Waals surface area contributed by atoms with Crippen molar-refractivity contribution in [2.24, 2.45) is 9.98 Å². The largest absolute Gasteiger partial charge is 0.270 e. The molecule has 0 saturated heterocycles. The first-order chi connectivity index (χ1) is 23.7. The Kier molecular flexibility index (Phi) is 7.74. The van der Waals surface area contributed by atoms with Crippen molar-refractivity contribution in [2.75, 3.05) is 0 Å². The Morgan fingerprint density at radius 3 is 1.26 bits per heavy atom. The van der Waals surface area contributed by atoms with E-state index in [1.165, 1.54) is 66.1 Å². The van der Waals surface area contributed by atoms with E-state index >= 15 is 0 Å². The zero-order chi connectivity index (χ0) is 35.1. The van der Waals surface area contributed by atoms with Gasteiger partial charge < -0.3 is 0 Å². The minimum atomic E-state index is -0.142. The second-order valence-electron chi connectivity index (χ2n) is 15.8. The maximum Gasteiger partial charge on any atom is 0.0990 e. The summed E-state index contributed by atoms with van der Waals surface area (Å²) in [6, 6.07) is 44.8. The first-order valence-corrected chi connectivity index (χ1v) is 19.2. The van der Waals surface area contributed by atoms with E-state index < -0.39 is 0 Å². The van der Waals surface area contributed by atoms with Crippen LogP contribution in [0.5, 0.6) is 0 Å². The van der Waals surface area contributed by atoms with E-state index in [9.17, 15) is 0 Å². The van der Waals surface area contributed by atoms with E-state index in [-0.39, 0.29) is 20.6 Å². The Labute approximate surface area is 305 Å². The van der Waals surface area contributed by atoms with Crippen molar-refractivity contribution in [2.45, 2.75) is 76.0 Å². The number of hydrogen-bond donors (Lipinski definition) is 0. The molecule has 0 unspecified atom stereocenters. The lowest BCUT2D eigenvalue weighted by Crippen LogP contribution is -2.36. The van der Waals surface area contributed by atoms with Crippen molar-refractivity contribution in [1.82, 2.24) is 0 Å². The SMILES string of the molecule is CC1(C)N=C(c2cccc(-c3c4ccccc4c(-c4cccc(C5=NC(C)(C)C(C)(C)S5)c4)c4cc(-c5ccccc5)ccc34)c2)SC1(C)C. The quantitative estimate of drug-likeness (QED) is 0.168. The van der Waals surface area contributed by atoms with Crippen LogP contribution in [0.4, 0.5) is 0 Å². The van der Waals surface area contributed by atoms with Crippen molar-refractivity contribution >= 4 is 55.2 Å². The van der Waals surface area contributed by atoms with Gasteiger partial charge in [-0.15, -0.1) is 0 Å². The van der Waals surface area contributed by atoms with Crippen molar-refractivity contribution in [1.29, 1.82) is 0 Å². The van der Waals surface area contributed by atoms with E-state index in [0.717, 1.165) is 10.1 Å². The maximum atomic E-state index is 5.24. The average molecular weight is 689 g/mol. The minimum Gasteiger partial charge on any atom is -0.270 e. The van der Waals surface area contributed by atoms with E-state index in [1.54, 1.807) is 0 Å². The summed E-state index contributed by atoms with van der Waals surface area (Å²) in [5, 5.41) is 7.24. The summed E-state index contributed by atoms with van der Waals surface area (Å²) in [5.41, 5.74) is 9.46. The van der Waals surface area contributed by atoms with Crippen molar-refractivity contribution in [3.05, 3.63) is 132 Å². The van der Waals surface area contributed by atoms with Crippen LogP contribution in [0.2, 0.25) is 0 Å². The Morgan fingerprint density at radius 1 is 0.360 bits per heavy atom. The fourth-order valence-electron chi connectivity index (χ4n) is 7.03. The molecule has 0 N–H and O–H groups in total. The monoisotopic (exact) mass is 688 g/mol. The number of hydrogen-bond acceptors (Lipinski definition) is 4. The molecule has 0 spiro atoms. The van der Waals surface area contributed by atoms with Gasteiger partial charge in [-0.05, 0) is 129 Å². The summed E-state index contributed by atoms with van der Waals surface area (Å²) in [5.74, 6) is 0. The van der Waals surface area contributed by atoms with Gasteiger partial charge in [-0.3, -0.25) is 9.98 Å². The van der Waals surface area contributed by atoms with Crippen molar-refractivity contribution in [3.63, 3.8) is 0 Å². The van der Waals surface area contributed by atoms with Gasteiger partial charge in [0.25, 0.3) is 0 Å². The van der Waals surface area contributed by atoms with Crippen molar-refractivity contribution in [3.8, 4) is 33.4 Å². The molecule has 2 nitrogen and oxygen atoms in total. The number of aliphatic imine (C=N–C) groups is 2. The van der Waals surface area contributed by atoms with E-state index in [0.29, 0.717) is 0 Å². The number of thioether (sulfide) groups is 2. The van der Waals surface area contributed by atoms with Crippen molar-refractivity contribution < 1.29 is 0 Å². The highest BCUT2D eigenvalue weighted by atomic mass is 32.2. The standard InChI is InChI=1S/C46H44N2S2/c1-43(2)45(5,6)49-41(47-43)33-20-14-18-31(26-33)39-35-22-12-13-23-36(35)40(38-28-30(24-25-37(38)39)29-16-10-9-11-17-29)32-19-15-21-34(27-32)42-48-44(3,4)46(7,8)50-42/h9-28H,1-8H3. The molecule has 8 rings (SSSR count). The maximum absolute atomic E-state index is 5.24. The van der Waals surface area contributed by atoms with Gasteiger partial charge in [0.1, 0.15) is 0 Å². The van der Waals surface area contributed by atoms with Crippen LogP contribution >= 0.6 is 23.5 Å². The lowest BCUT2D eigenvalue weighted by Gasteiger charge is -2.30. The Balaban J connectivity index is 1.38. The fourth-order valence-corrected chi connectivity index (χ4v) is 9.62. The van der Waals surface area contributed by atoms with Gasteiger partial charge in [-0.2, -0.15) is 0 Å². The van der Waals surface area contributed by atoms with E-state index in [2.05, 4.69) is 177 Å². The van der Waals surface area contributed by atoms with Crippen LogP contribution in [-0.4, -0.2) is 30.7 Å². The molecular formula is C46H44N2S2. The first-order valence-electron chi connectivity index (χ1n) is 17.6. The molecule has 2 heterocycles. The summed E-state index contributed by atoms with van der Waals surface area (Å²) in [6.07, 6.45) is 0. The molecule has 0 aliphatic carbocycles. The predicted octanol–water partition coefficient (Wildman–Crippen LogP) is 13.1. The highest BCUT2D eigenvalue weighted by Crippen LogP contribution is 2.50. The number of nitrogens with zero attached hydrogens (tertiary/aromatic N) is 2. The summed E-state index contributed by atoms with van der Waals surface area (Å²) in [4.78, 5) is 10.5. The summed E-state index contributed by atoms with van der Waals surface area (Å²) in [7, 11) is 0. The second kappa shape index (κ2) is 11.7. The molecule has 2 aliphatic rings. The zero-order valence-corrected chi connectivity index (χ0v) is 31.9. The highest BCUT2D eigenvalue weighted by Gasteiger charge is 2.45. The van der Waals surface area contributed by atoms with E-state index in [1.807, 2.05) is 23.5 Å². The molecule has 0 fully saturated rings. The minimum absolute atomic E-state index is 0.0204. The third kappa shape index (κ3) is 5.43. The van der Waals surface area contributed by atoms with Gasteiger partial charge in [0, 0.05) is 20.6 Å². The molecule has 0 amide bonds. The smallest absolute Gasteiger partial charge is 0.0990 e. The second-order valence-corrected chi connectivity index (χ2v) is 19.0. The predicted molar refractivity (Wildman–Crippen MR) is 222 cm³/mol. The molecule has 50 heavy (non-hydrogen) atoms. The lowest BCUT2D eigenvalue weighted by atomic mass is 9.84. The van der Waals surface area contributed by atoms with Gasteiger partial charge in [0.15, 0.2) is 0 Å². The van der Waals surface area contributed by atoms with Gasteiger partial charge in [-0.25, -0.2) is 0 Å². The fraction of sp³-hybridized carbons (Fsp3) is 0.261. The Bertz CT molecular complexity index is 2380. The van der Waals surface area contributed by atoms with Crippen LogP contribution in [0.15, 0.2) is 131 Å². The Hall–Kier alpha value is -4.12. The molecule has 6 aromatic rings. The summed E-state index contributed by atoms with van der Waals surface area (Å²) < 4.78 is 0.0441. The third-order valence-corrected chi connectivity index (χ3v) is 14.4. The van der Waals surface area contributed by atoms with Gasteiger partial charge >= 0.3 is 0 Å². The molecule has 6 aromatic carbocycles. The topological polar surface area (TPSA) is 24.7 Å². The highest BCUT2D eigenvalue weighted by molar-refractivity contribution is 8.16. The van der Waals surface area contributed by atoms with Crippen LogP contribution < -0.4 is 0 Å². The molecule has 250 valence electrons. The molecule has 2 aliphatic heterocycles. The van der Waals surface area contributed by atoms with E-state index in [4.69, 9.17) is 9.98 Å². The summed E-state index contributed by atoms with van der Waals surface area (Å²) >= 11 is 3.78. The zero-order valence-electron chi connectivity index (χ0n) is 30.3. The summed E-state index contributed by atoms with van der Waals surface area (Å²) in [6.45, 7) is 18.2. The Morgan fingerprint density at radius 2 is 0.780 bits per heavy atom. The van der Waals surface area contributed by atoms with Crippen LogP contribution in [0, 0.1) is 0 Å². The van der Waals surface area contributed by atoms with Gasteiger partial charge in [0.05, 0.1) is 21.2 Å². The number of benzene rings is 6. The third-order valence-electron chi connectivity index (χ3n) is 11.3. The van der Waals surface area contributed by atoms with Gasteiger partial charge in [0.2, 0.25) is 0 Å². The molecule has 0 saturated carbocycles. The lowest BCUT2D eigenvalue weighted by molar-refractivity contribution is 0.426. The number of rotatable bonds is 5. The van der Waals surface area contributed by atoms with Crippen LogP contribution in [-0.2, 0) is 0 Å². The van der Waals surface area contributed by atoms with Crippen LogP contribution in [0.25, 0.3) is 54.9 Å². The molecular weight excluding hydrogens is 645 g/mol. The number of fused-ring (bicyclic) bond motifs is 2. The van der Waals surface area contributed by atoms with Crippen LogP contribution in [0.3, 0.4) is 0 Å². The normalized spacial score (nSPS) is 18.7. The molecule has 0 aromatic heterocycles. The molecule has 0 bridgehead atoms. The van der Waals surface area contributed by atoms with Gasteiger partial charge in [-0.1, -0.05) is 127 Å². The van der Waals surface area contributed by atoms with Crippen LogP contribution in [0.1, 0.15) is 66.5 Å². The molecule has 0 radical (unpaired) electrons. The molecule has 4 heteroatoms.